The molecule has 0 radical (unpaired) electrons. The van der Waals surface area contributed by atoms with E-state index in [2.05, 4.69) is 18.7 Å². The minimum Gasteiger partial charge on any atom is -0.483 e. The highest BCUT2D eigenvalue weighted by atomic mass is 19.4. The minimum absolute atomic E-state index is 0.0130. The van der Waals surface area contributed by atoms with Crippen LogP contribution in [-0.4, -0.2) is 72.4 Å². The second-order valence-corrected chi connectivity index (χ2v) is 9.93. The summed E-state index contributed by atoms with van der Waals surface area (Å²) in [6.45, 7) is 7.45. The fraction of sp³-hybridized carbons (Fsp3) is 0.481. The molecule has 2 heterocycles. The number of ether oxygens (including phenoxy) is 1. The van der Waals surface area contributed by atoms with Crippen LogP contribution in [0.1, 0.15) is 52.0 Å². The van der Waals surface area contributed by atoms with Crippen LogP contribution in [0.4, 0.5) is 13.2 Å². The highest BCUT2D eigenvalue weighted by Gasteiger charge is 2.47. The summed E-state index contributed by atoms with van der Waals surface area (Å²) in [6, 6.07) is 8.75. The van der Waals surface area contributed by atoms with E-state index in [1.165, 1.54) is 22.6 Å². The Morgan fingerprint density at radius 2 is 1.69 bits per heavy atom. The van der Waals surface area contributed by atoms with Gasteiger partial charge in [-0.25, -0.2) is 0 Å². The summed E-state index contributed by atoms with van der Waals surface area (Å²) in [6.07, 6.45) is -3.57. The van der Waals surface area contributed by atoms with Crippen LogP contribution in [0.3, 0.4) is 0 Å². The van der Waals surface area contributed by atoms with E-state index in [4.69, 9.17) is 4.74 Å². The number of piperazine rings is 1. The highest BCUT2D eigenvalue weighted by molar-refractivity contribution is 5.94. The van der Waals surface area contributed by atoms with E-state index in [-0.39, 0.29) is 42.1 Å². The number of benzene rings is 2. The van der Waals surface area contributed by atoms with Gasteiger partial charge in [0.2, 0.25) is 0 Å². The molecule has 9 heteroatoms. The number of amides is 2. The molecular weight excluding hydrogens is 471 g/mol. The number of likely N-dealkylation sites (tertiary alicyclic amines) is 2. The number of hydrogen-bond acceptors (Lipinski definition) is 4. The van der Waals surface area contributed by atoms with E-state index in [1.54, 1.807) is 19.0 Å². The zero-order valence-corrected chi connectivity index (χ0v) is 21.2. The van der Waals surface area contributed by atoms with Crippen LogP contribution in [0.15, 0.2) is 36.4 Å². The van der Waals surface area contributed by atoms with Gasteiger partial charge in [-0.3, -0.25) is 14.5 Å². The second kappa shape index (κ2) is 9.76. The van der Waals surface area contributed by atoms with E-state index in [0.717, 1.165) is 29.7 Å². The lowest BCUT2D eigenvalue weighted by atomic mass is 9.96. The maximum absolute atomic E-state index is 13.0. The Bertz CT molecular complexity index is 1150. The van der Waals surface area contributed by atoms with Crippen LogP contribution in [-0.2, 0) is 11.0 Å². The van der Waals surface area contributed by atoms with E-state index in [9.17, 15) is 22.8 Å². The van der Waals surface area contributed by atoms with Gasteiger partial charge in [-0.2, -0.15) is 13.2 Å². The molecule has 6 nitrogen and oxygen atoms in total. The van der Waals surface area contributed by atoms with Crippen molar-refractivity contribution >= 4 is 11.8 Å². The lowest BCUT2D eigenvalue weighted by molar-refractivity contribution is -0.137. The second-order valence-electron chi connectivity index (χ2n) is 9.93. The first-order chi connectivity index (χ1) is 16.9. The Labute approximate surface area is 209 Å². The first-order valence-corrected chi connectivity index (χ1v) is 12.1. The molecule has 0 unspecified atom stereocenters. The number of rotatable bonds is 6. The molecule has 2 aliphatic rings. The van der Waals surface area contributed by atoms with E-state index in [0.29, 0.717) is 18.8 Å². The molecule has 2 amide bonds. The molecule has 0 spiro atoms. The van der Waals surface area contributed by atoms with Gasteiger partial charge in [0.25, 0.3) is 11.8 Å². The number of likely N-dealkylation sites (N-methyl/N-ethyl adjacent to an activating group) is 1. The van der Waals surface area contributed by atoms with Crippen molar-refractivity contribution in [1.29, 1.82) is 0 Å². The van der Waals surface area contributed by atoms with Gasteiger partial charge in [-0.05, 0) is 74.2 Å². The van der Waals surface area contributed by atoms with Crippen molar-refractivity contribution in [2.24, 2.45) is 0 Å². The van der Waals surface area contributed by atoms with Crippen molar-refractivity contribution in [3.05, 3.63) is 64.2 Å². The third kappa shape index (κ3) is 4.93. The standard InChI is InChI=1S/C27H32F3N3O3/c1-16-17(2)24(36-15-25(34)31(4)5)11-10-23(16)18(3)32-13-22-12-21(32)14-33(22)26(35)19-6-8-20(9-7-19)27(28,29)30/h6-11,18,21-22H,12-15H2,1-5H3/t18-,21-,22-/m1/s1. The minimum atomic E-state index is -4.42. The van der Waals surface area contributed by atoms with Gasteiger partial charge in [0.1, 0.15) is 5.75 Å². The molecule has 0 aliphatic carbocycles. The molecule has 2 fully saturated rings. The van der Waals surface area contributed by atoms with Crippen LogP contribution < -0.4 is 4.74 Å². The Morgan fingerprint density at radius 3 is 2.25 bits per heavy atom. The fourth-order valence-electron chi connectivity index (χ4n) is 5.26. The predicted octanol–water partition coefficient (Wildman–Crippen LogP) is 4.45. The van der Waals surface area contributed by atoms with Crippen molar-refractivity contribution < 1.29 is 27.5 Å². The number of carbonyl (C=O) groups excluding carboxylic acids is 2. The summed E-state index contributed by atoms with van der Waals surface area (Å²) in [4.78, 5) is 30.6. The van der Waals surface area contributed by atoms with Crippen LogP contribution in [0.5, 0.6) is 5.75 Å². The quantitative estimate of drug-likeness (QED) is 0.585. The molecular formula is C27H32F3N3O3. The average Bonchev–Trinajstić information content (AvgIpc) is 3.44. The zero-order chi connectivity index (χ0) is 26.4. The number of nitrogens with zero attached hydrogens (tertiary/aromatic N) is 3. The molecule has 0 saturated carbocycles. The average molecular weight is 504 g/mol. The zero-order valence-electron chi connectivity index (χ0n) is 21.2. The number of hydrogen-bond donors (Lipinski definition) is 0. The number of fused-ring (bicyclic) bond motifs is 2. The molecule has 2 saturated heterocycles. The Hall–Kier alpha value is -3.07. The number of halogens is 3. The van der Waals surface area contributed by atoms with Crippen molar-refractivity contribution in [1.82, 2.24) is 14.7 Å². The smallest absolute Gasteiger partial charge is 0.416 e. The maximum Gasteiger partial charge on any atom is 0.416 e. The number of alkyl halides is 3. The summed E-state index contributed by atoms with van der Waals surface area (Å²) in [5, 5.41) is 0. The van der Waals surface area contributed by atoms with Crippen LogP contribution in [0.25, 0.3) is 0 Å². The Morgan fingerprint density at radius 1 is 1.03 bits per heavy atom. The lowest BCUT2D eigenvalue weighted by Gasteiger charge is -2.38. The molecule has 4 rings (SSSR count). The molecule has 2 aliphatic heterocycles. The van der Waals surface area contributed by atoms with Crippen molar-refractivity contribution in [3.8, 4) is 5.75 Å². The van der Waals surface area contributed by atoms with Gasteiger partial charge in [-0.15, -0.1) is 0 Å². The molecule has 0 N–H and O–H groups in total. The lowest BCUT2D eigenvalue weighted by Crippen LogP contribution is -2.49. The largest absolute Gasteiger partial charge is 0.483 e. The van der Waals surface area contributed by atoms with Gasteiger partial charge in [-0.1, -0.05) is 6.07 Å². The fourth-order valence-corrected chi connectivity index (χ4v) is 5.26. The van der Waals surface area contributed by atoms with Gasteiger partial charge in [0, 0.05) is 50.9 Å². The van der Waals surface area contributed by atoms with E-state index in [1.807, 2.05) is 19.1 Å². The van der Waals surface area contributed by atoms with Crippen LogP contribution in [0, 0.1) is 13.8 Å². The normalized spacial score (nSPS) is 20.5. The van der Waals surface area contributed by atoms with Gasteiger partial charge >= 0.3 is 6.18 Å². The number of carbonyl (C=O) groups is 2. The molecule has 0 aromatic heterocycles. The van der Waals surface area contributed by atoms with Gasteiger partial charge in [0.05, 0.1) is 5.56 Å². The SMILES string of the molecule is Cc1c(OCC(=O)N(C)C)ccc([C@@H](C)N2C[C@H]3C[C@@H]2CN3C(=O)c2ccc(C(F)(F)F)cc2)c1C. The molecule has 2 aromatic carbocycles. The molecule has 2 bridgehead atoms. The first-order valence-electron chi connectivity index (χ1n) is 12.1. The summed E-state index contributed by atoms with van der Waals surface area (Å²) < 4.78 is 44.3. The molecule has 194 valence electrons. The molecule has 3 atom stereocenters. The highest BCUT2D eigenvalue weighted by Crippen LogP contribution is 2.39. The van der Waals surface area contributed by atoms with Gasteiger partial charge in [0.15, 0.2) is 6.61 Å². The predicted molar refractivity (Wildman–Crippen MR) is 130 cm³/mol. The molecule has 2 aromatic rings. The summed E-state index contributed by atoms with van der Waals surface area (Å²) in [5.41, 5.74) is 2.80. The van der Waals surface area contributed by atoms with Crippen LogP contribution in [0.2, 0.25) is 0 Å². The van der Waals surface area contributed by atoms with Crippen molar-refractivity contribution in [2.45, 2.75) is 51.5 Å². The van der Waals surface area contributed by atoms with E-state index >= 15 is 0 Å². The Kier molecular flexibility index (Phi) is 7.05. The summed E-state index contributed by atoms with van der Waals surface area (Å²) in [5.74, 6) is 0.368. The topological polar surface area (TPSA) is 53.1 Å². The van der Waals surface area contributed by atoms with Gasteiger partial charge < -0.3 is 14.5 Å². The van der Waals surface area contributed by atoms with Crippen LogP contribution >= 0.6 is 0 Å². The third-order valence-corrected chi connectivity index (χ3v) is 7.58. The summed E-state index contributed by atoms with van der Waals surface area (Å²) in [7, 11) is 3.38. The van der Waals surface area contributed by atoms with Crippen molar-refractivity contribution in [3.63, 3.8) is 0 Å². The monoisotopic (exact) mass is 503 g/mol. The maximum atomic E-state index is 13.0. The first kappa shape index (κ1) is 26.0. The van der Waals surface area contributed by atoms with E-state index < -0.39 is 11.7 Å². The third-order valence-electron chi connectivity index (χ3n) is 7.58. The summed E-state index contributed by atoms with van der Waals surface area (Å²) >= 11 is 0. The van der Waals surface area contributed by atoms with Crippen molar-refractivity contribution in [2.75, 3.05) is 33.8 Å². The Balaban J connectivity index is 1.42. The molecule has 36 heavy (non-hydrogen) atoms.